The number of anilines is 1. The van der Waals surface area contributed by atoms with E-state index >= 15 is 0 Å². The molecule has 0 fully saturated rings. The van der Waals surface area contributed by atoms with Crippen molar-refractivity contribution in [2.24, 2.45) is 0 Å². The second kappa shape index (κ2) is 8.56. The number of benzene rings is 1. The van der Waals surface area contributed by atoms with Gasteiger partial charge in [-0.05, 0) is 43.4 Å². The number of amides is 1. The molecule has 0 atom stereocenters. The molecule has 2 aromatic rings. The van der Waals surface area contributed by atoms with Crippen LogP contribution in [0.2, 0.25) is 0 Å². The Bertz CT molecular complexity index is 602. The van der Waals surface area contributed by atoms with E-state index in [1.54, 1.807) is 18.0 Å². The second-order valence-electron chi connectivity index (χ2n) is 5.34. The maximum absolute atomic E-state index is 12.0. The van der Waals surface area contributed by atoms with E-state index in [0.717, 1.165) is 23.5 Å². The Kier molecular flexibility index (Phi) is 6.43. The number of carbonyl (C=O) groups excluding carboxylic acids is 1. The minimum Gasteiger partial charge on any atom is -0.325 e. The monoisotopic (exact) mass is 315 g/mol. The van der Waals surface area contributed by atoms with E-state index in [9.17, 15) is 4.79 Å². The molecule has 0 bridgehead atoms. The summed E-state index contributed by atoms with van der Waals surface area (Å²) in [5.74, 6) is 1.25. The van der Waals surface area contributed by atoms with Crippen LogP contribution in [0.5, 0.6) is 0 Å². The van der Waals surface area contributed by atoms with Crippen molar-refractivity contribution in [2.75, 3.05) is 25.2 Å². The number of hydrogen-bond acceptors (Lipinski definition) is 4. The van der Waals surface area contributed by atoms with E-state index in [0.29, 0.717) is 5.75 Å². The molecule has 22 heavy (non-hydrogen) atoms. The molecule has 0 saturated heterocycles. The van der Waals surface area contributed by atoms with Crippen LogP contribution in [0.3, 0.4) is 0 Å². The molecule has 0 aliphatic carbocycles. The zero-order chi connectivity index (χ0) is 15.8. The van der Waals surface area contributed by atoms with E-state index in [1.165, 1.54) is 5.56 Å². The summed E-state index contributed by atoms with van der Waals surface area (Å²) < 4.78 is 0. The number of nitrogens with zero attached hydrogens (tertiary/aromatic N) is 2. The van der Waals surface area contributed by atoms with Gasteiger partial charge >= 0.3 is 0 Å². The van der Waals surface area contributed by atoms with Gasteiger partial charge in [-0.1, -0.05) is 18.2 Å². The van der Waals surface area contributed by atoms with Crippen molar-refractivity contribution < 1.29 is 4.79 Å². The molecule has 0 aliphatic heterocycles. The lowest BCUT2D eigenvalue weighted by atomic mass is 10.2. The lowest BCUT2D eigenvalue weighted by molar-refractivity contribution is -0.113. The summed E-state index contributed by atoms with van der Waals surface area (Å²) >= 11 is 1.59. The van der Waals surface area contributed by atoms with Crippen molar-refractivity contribution in [3.63, 3.8) is 0 Å². The van der Waals surface area contributed by atoms with Crippen LogP contribution < -0.4 is 5.32 Å². The predicted octanol–water partition coefficient (Wildman–Crippen LogP) is 3.02. The van der Waals surface area contributed by atoms with Gasteiger partial charge in [-0.3, -0.25) is 9.78 Å². The Morgan fingerprint density at radius 1 is 1.23 bits per heavy atom. The third-order valence-electron chi connectivity index (χ3n) is 2.93. The van der Waals surface area contributed by atoms with Crippen LogP contribution in [0.4, 0.5) is 5.69 Å². The molecule has 5 heteroatoms. The highest BCUT2D eigenvalue weighted by Crippen LogP contribution is 2.14. The molecule has 1 N–H and O–H groups in total. The second-order valence-corrected chi connectivity index (χ2v) is 6.33. The van der Waals surface area contributed by atoms with Gasteiger partial charge in [0.1, 0.15) is 0 Å². The van der Waals surface area contributed by atoms with Gasteiger partial charge in [0.2, 0.25) is 5.91 Å². The Hall–Kier alpha value is -1.85. The lowest BCUT2D eigenvalue weighted by Gasteiger charge is -2.11. The summed E-state index contributed by atoms with van der Waals surface area (Å²) in [7, 11) is 4.06. The normalized spacial score (nSPS) is 10.7. The summed E-state index contributed by atoms with van der Waals surface area (Å²) in [6.07, 6.45) is 3.58. The molecule has 0 unspecified atom stereocenters. The van der Waals surface area contributed by atoms with Crippen molar-refractivity contribution in [3.8, 4) is 0 Å². The number of pyridine rings is 1. The fourth-order valence-electron chi connectivity index (χ4n) is 2.05. The van der Waals surface area contributed by atoms with Gasteiger partial charge in [0.15, 0.2) is 0 Å². The first kappa shape index (κ1) is 16.5. The van der Waals surface area contributed by atoms with E-state index in [4.69, 9.17) is 0 Å². The summed E-state index contributed by atoms with van der Waals surface area (Å²) in [6, 6.07) is 11.9. The standard InChI is InChI=1S/C17H21N3OS/c1-20(2)11-14-5-3-7-16(9-14)19-17(21)13-22-12-15-6-4-8-18-10-15/h3-10H,11-13H2,1-2H3,(H,19,21). The number of hydrogen-bond donors (Lipinski definition) is 1. The maximum atomic E-state index is 12.0. The zero-order valence-corrected chi connectivity index (χ0v) is 13.8. The number of rotatable bonds is 7. The Morgan fingerprint density at radius 3 is 2.77 bits per heavy atom. The molecule has 0 radical (unpaired) electrons. The minimum absolute atomic E-state index is 0.0240. The van der Waals surface area contributed by atoms with Crippen molar-refractivity contribution >= 4 is 23.4 Å². The van der Waals surface area contributed by atoms with Gasteiger partial charge < -0.3 is 10.2 Å². The molecule has 1 heterocycles. The third kappa shape index (κ3) is 5.87. The van der Waals surface area contributed by atoms with Crippen LogP contribution in [-0.2, 0) is 17.1 Å². The first-order chi connectivity index (χ1) is 10.6. The topological polar surface area (TPSA) is 45.2 Å². The SMILES string of the molecule is CN(C)Cc1cccc(NC(=O)CSCc2cccnc2)c1. The molecule has 0 aliphatic rings. The maximum Gasteiger partial charge on any atom is 0.234 e. The van der Waals surface area contributed by atoms with E-state index in [1.807, 2.05) is 50.6 Å². The number of thioether (sulfide) groups is 1. The fourth-order valence-corrected chi connectivity index (χ4v) is 2.82. The highest BCUT2D eigenvalue weighted by atomic mass is 32.2. The molecule has 1 aromatic heterocycles. The third-order valence-corrected chi connectivity index (χ3v) is 3.94. The Labute approximate surface area is 135 Å². The molecule has 116 valence electrons. The molecular weight excluding hydrogens is 294 g/mol. The van der Waals surface area contributed by atoms with E-state index < -0.39 is 0 Å². The van der Waals surface area contributed by atoms with Crippen molar-refractivity contribution in [1.82, 2.24) is 9.88 Å². The number of nitrogens with one attached hydrogen (secondary N) is 1. The summed E-state index contributed by atoms with van der Waals surface area (Å²) in [6.45, 7) is 0.861. The van der Waals surface area contributed by atoms with Gasteiger partial charge in [0, 0.05) is 30.4 Å². The van der Waals surface area contributed by atoms with Crippen molar-refractivity contribution in [1.29, 1.82) is 0 Å². The minimum atomic E-state index is 0.0240. The van der Waals surface area contributed by atoms with Crippen LogP contribution in [-0.4, -0.2) is 35.6 Å². The molecule has 0 saturated carbocycles. The fraction of sp³-hybridized carbons (Fsp3) is 0.294. The number of carbonyl (C=O) groups is 1. The highest BCUT2D eigenvalue weighted by molar-refractivity contribution is 7.99. The molecule has 1 amide bonds. The quantitative estimate of drug-likeness (QED) is 0.853. The average Bonchev–Trinajstić information content (AvgIpc) is 2.48. The molecule has 1 aromatic carbocycles. The van der Waals surface area contributed by atoms with Crippen molar-refractivity contribution in [3.05, 3.63) is 59.9 Å². The largest absolute Gasteiger partial charge is 0.325 e. The predicted molar refractivity (Wildman–Crippen MR) is 92.9 cm³/mol. The molecule has 0 spiro atoms. The highest BCUT2D eigenvalue weighted by Gasteiger charge is 2.04. The summed E-state index contributed by atoms with van der Waals surface area (Å²) in [4.78, 5) is 18.1. The first-order valence-electron chi connectivity index (χ1n) is 7.13. The van der Waals surface area contributed by atoms with Crippen LogP contribution in [0.1, 0.15) is 11.1 Å². The molecular formula is C17H21N3OS. The molecule has 4 nitrogen and oxygen atoms in total. The number of aromatic nitrogens is 1. The van der Waals surface area contributed by atoms with Crippen LogP contribution >= 0.6 is 11.8 Å². The van der Waals surface area contributed by atoms with Gasteiger partial charge in [-0.2, -0.15) is 0 Å². The summed E-state index contributed by atoms with van der Waals surface area (Å²) in [5, 5.41) is 2.95. The van der Waals surface area contributed by atoms with Crippen LogP contribution in [0.25, 0.3) is 0 Å². The van der Waals surface area contributed by atoms with Gasteiger partial charge in [-0.25, -0.2) is 0 Å². The average molecular weight is 315 g/mol. The summed E-state index contributed by atoms with van der Waals surface area (Å²) in [5.41, 5.74) is 3.17. The zero-order valence-electron chi connectivity index (χ0n) is 13.0. The van der Waals surface area contributed by atoms with Crippen LogP contribution in [0, 0.1) is 0 Å². The molecule has 2 rings (SSSR count). The Morgan fingerprint density at radius 2 is 2.05 bits per heavy atom. The van der Waals surface area contributed by atoms with E-state index in [2.05, 4.69) is 21.3 Å². The van der Waals surface area contributed by atoms with Crippen molar-refractivity contribution in [2.45, 2.75) is 12.3 Å². The van der Waals surface area contributed by atoms with E-state index in [-0.39, 0.29) is 5.91 Å². The van der Waals surface area contributed by atoms with Gasteiger partial charge in [-0.15, -0.1) is 11.8 Å². The lowest BCUT2D eigenvalue weighted by Crippen LogP contribution is -2.15. The smallest absolute Gasteiger partial charge is 0.234 e. The van der Waals surface area contributed by atoms with Gasteiger partial charge in [0.25, 0.3) is 0 Å². The first-order valence-corrected chi connectivity index (χ1v) is 8.29. The Balaban J connectivity index is 1.79. The van der Waals surface area contributed by atoms with Crippen LogP contribution in [0.15, 0.2) is 48.8 Å². The van der Waals surface area contributed by atoms with Gasteiger partial charge in [0.05, 0.1) is 5.75 Å².